The minimum atomic E-state index is -0.459. The topological polar surface area (TPSA) is 20.3 Å². The maximum absolute atomic E-state index is 12.7. The zero-order valence-electron chi connectivity index (χ0n) is 12.2. The maximum atomic E-state index is 12.7. The van der Waals surface area contributed by atoms with Crippen molar-refractivity contribution in [2.24, 2.45) is 0 Å². The molecule has 0 saturated carbocycles. The van der Waals surface area contributed by atoms with E-state index >= 15 is 0 Å². The summed E-state index contributed by atoms with van der Waals surface area (Å²) in [7, 11) is 1.87. The van der Waals surface area contributed by atoms with Crippen molar-refractivity contribution in [1.82, 2.24) is 0 Å². The molecule has 1 heterocycles. The molecular formula is C18H19NO. The number of carbonyl (C=O) groups is 1. The van der Waals surface area contributed by atoms with Crippen LogP contribution in [0, 0.1) is 6.92 Å². The SMILES string of the molecule is Cc1ccc2c(c1)N(C)C(=O)C2(C)Cc1ccccc1. The highest BCUT2D eigenvalue weighted by atomic mass is 16.2. The monoisotopic (exact) mass is 265 g/mol. The largest absolute Gasteiger partial charge is 0.314 e. The summed E-state index contributed by atoms with van der Waals surface area (Å²) in [6.07, 6.45) is 0.743. The van der Waals surface area contributed by atoms with E-state index < -0.39 is 5.41 Å². The first-order valence-corrected chi connectivity index (χ1v) is 6.95. The molecule has 0 bridgehead atoms. The maximum Gasteiger partial charge on any atom is 0.237 e. The quantitative estimate of drug-likeness (QED) is 0.814. The van der Waals surface area contributed by atoms with Crippen molar-refractivity contribution < 1.29 is 4.79 Å². The van der Waals surface area contributed by atoms with Gasteiger partial charge in [0.2, 0.25) is 5.91 Å². The molecule has 2 nitrogen and oxygen atoms in total. The van der Waals surface area contributed by atoms with Crippen molar-refractivity contribution in [3.05, 3.63) is 65.2 Å². The molecule has 2 aromatic carbocycles. The van der Waals surface area contributed by atoms with E-state index in [9.17, 15) is 4.79 Å². The number of carbonyl (C=O) groups excluding carboxylic acids is 1. The molecule has 0 aromatic heterocycles. The molecule has 2 aromatic rings. The smallest absolute Gasteiger partial charge is 0.237 e. The van der Waals surface area contributed by atoms with Crippen molar-refractivity contribution >= 4 is 11.6 Å². The van der Waals surface area contributed by atoms with Crippen LogP contribution in [-0.4, -0.2) is 13.0 Å². The van der Waals surface area contributed by atoms with Crippen LogP contribution in [0.25, 0.3) is 0 Å². The van der Waals surface area contributed by atoms with Crippen molar-refractivity contribution in [2.75, 3.05) is 11.9 Å². The van der Waals surface area contributed by atoms with E-state index in [1.54, 1.807) is 4.90 Å². The minimum absolute atomic E-state index is 0.182. The fraction of sp³-hybridized carbons (Fsp3) is 0.278. The molecule has 2 heteroatoms. The Balaban J connectivity index is 2.08. The Hall–Kier alpha value is -2.09. The highest BCUT2D eigenvalue weighted by Gasteiger charge is 2.45. The highest BCUT2D eigenvalue weighted by molar-refractivity contribution is 6.07. The molecule has 20 heavy (non-hydrogen) atoms. The van der Waals surface area contributed by atoms with E-state index in [2.05, 4.69) is 44.2 Å². The normalized spacial score (nSPS) is 21.1. The van der Waals surface area contributed by atoms with Gasteiger partial charge in [-0.05, 0) is 43.0 Å². The molecule has 1 unspecified atom stereocenters. The summed E-state index contributed by atoms with van der Waals surface area (Å²) in [6.45, 7) is 4.12. The van der Waals surface area contributed by atoms with Crippen LogP contribution in [0.2, 0.25) is 0 Å². The first-order chi connectivity index (χ1) is 9.52. The predicted octanol–water partition coefficient (Wildman–Crippen LogP) is 3.47. The summed E-state index contributed by atoms with van der Waals surface area (Å²) >= 11 is 0. The van der Waals surface area contributed by atoms with Gasteiger partial charge >= 0.3 is 0 Å². The van der Waals surface area contributed by atoms with E-state index in [1.807, 2.05) is 25.2 Å². The van der Waals surface area contributed by atoms with E-state index in [-0.39, 0.29) is 5.91 Å². The van der Waals surface area contributed by atoms with Crippen molar-refractivity contribution in [2.45, 2.75) is 25.7 Å². The van der Waals surface area contributed by atoms with Crippen LogP contribution in [0.1, 0.15) is 23.6 Å². The lowest BCUT2D eigenvalue weighted by molar-refractivity contribution is -0.122. The van der Waals surface area contributed by atoms with Crippen LogP contribution in [-0.2, 0) is 16.6 Å². The Labute approximate surface area is 120 Å². The van der Waals surface area contributed by atoms with Crippen LogP contribution in [0.15, 0.2) is 48.5 Å². The van der Waals surface area contributed by atoms with Crippen LogP contribution >= 0.6 is 0 Å². The summed E-state index contributed by atoms with van der Waals surface area (Å²) in [5, 5.41) is 0. The molecule has 0 radical (unpaired) electrons. The number of aryl methyl sites for hydroxylation is 1. The molecule has 1 aliphatic rings. The molecule has 0 spiro atoms. The Bertz CT molecular complexity index is 662. The number of fused-ring (bicyclic) bond motifs is 1. The number of nitrogens with zero attached hydrogens (tertiary/aromatic N) is 1. The third-order valence-corrected chi connectivity index (χ3v) is 4.29. The van der Waals surface area contributed by atoms with Gasteiger partial charge in [-0.1, -0.05) is 42.5 Å². The van der Waals surface area contributed by atoms with Gasteiger partial charge in [0.15, 0.2) is 0 Å². The number of anilines is 1. The molecule has 1 amide bonds. The number of hydrogen-bond donors (Lipinski definition) is 0. The Morgan fingerprint density at radius 2 is 1.80 bits per heavy atom. The first-order valence-electron chi connectivity index (χ1n) is 6.95. The highest BCUT2D eigenvalue weighted by Crippen LogP contribution is 2.43. The summed E-state index contributed by atoms with van der Waals surface area (Å²) in [5.41, 5.74) is 4.12. The Kier molecular flexibility index (Phi) is 2.89. The van der Waals surface area contributed by atoms with E-state index in [0.717, 1.165) is 17.7 Å². The minimum Gasteiger partial charge on any atom is -0.314 e. The standard InChI is InChI=1S/C18H19NO/c1-13-9-10-15-16(11-13)19(3)17(20)18(15,2)12-14-7-5-4-6-8-14/h4-11H,12H2,1-3H3. The Morgan fingerprint density at radius 3 is 2.50 bits per heavy atom. The number of benzene rings is 2. The summed E-state index contributed by atoms with van der Waals surface area (Å²) < 4.78 is 0. The van der Waals surface area contributed by atoms with Gasteiger partial charge < -0.3 is 4.90 Å². The molecule has 0 fully saturated rings. The van der Waals surface area contributed by atoms with Crippen LogP contribution in [0.4, 0.5) is 5.69 Å². The van der Waals surface area contributed by atoms with Gasteiger partial charge in [0.1, 0.15) is 0 Å². The fourth-order valence-electron chi connectivity index (χ4n) is 3.16. The summed E-state index contributed by atoms with van der Waals surface area (Å²) in [4.78, 5) is 14.5. The lowest BCUT2D eigenvalue weighted by atomic mass is 9.78. The summed E-state index contributed by atoms with van der Waals surface area (Å²) in [5.74, 6) is 0.182. The molecular weight excluding hydrogens is 246 g/mol. The zero-order chi connectivity index (χ0) is 14.3. The lowest BCUT2D eigenvalue weighted by Crippen LogP contribution is -2.37. The van der Waals surface area contributed by atoms with Crippen molar-refractivity contribution in [3.8, 4) is 0 Å². The van der Waals surface area contributed by atoms with Crippen LogP contribution in [0.5, 0.6) is 0 Å². The van der Waals surface area contributed by atoms with Gasteiger partial charge in [-0.2, -0.15) is 0 Å². The summed E-state index contributed by atoms with van der Waals surface area (Å²) in [6, 6.07) is 16.5. The molecule has 0 aliphatic carbocycles. The third-order valence-electron chi connectivity index (χ3n) is 4.29. The second-order valence-electron chi connectivity index (χ2n) is 5.88. The molecule has 1 atom stereocenters. The molecule has 1 aliphatic heterocycles. The van der Waals surface area contributed by atoms with Crippen LogP contribution < -0.4 is 4.90 Å². The molecule has 0 N–H and O–H groups in total. The lowest BCUT2D eigenvalue weighted by Gasteiger charge is -2.23. The van der Waals surface area contributed by atoms with Gasteiger partial charge in [0, 0.05) is 12.7 Å². The van der Waals surface area contributed by atoms with Crippen molar-refractivity contribution in [1.29, 1.82) is 0 Å². The van der Waals surface area contributed by atoms with E-state index in [0.29, 0.717) is 0 Å². The van der Waals surface area contributed by atoms with E-state index in [4.69, 9.17) is 0 Å². The van der Waals surface area contributed by atoms with Gasteiger partial charge in [-0.25, -0.2) is 0 Å². The second kappa shape index (κ2) is 4.48. The fourth-order valence-corrected chi connectivity index (χ4v) is 3.16. The number of hydrogen-bond acceptors (Lipinski definition) is 1. The van der Waals surface area contributed by atoms with Gasteiger partial charge in [0.25, 0.3) is 0 Å². The molecule has 0 saturated heterocycles. The van der Waals surface area contributed by atoms with Gasteiger partial charge in [-0.3, -0.25) is 4.79 Å². The molecule has 3 rings (SSSR count). The number of amides is 1. The van der Waals surface area contributed by atoms with Gasteiger partial charge in [0.05, 0.1) is 5.41 Å². The predicted molar refractivity (Wildman–Crippen MR) is 82.1 cm³/mol. The molecule has 102 valence electrons. The van der Waals surface area contributed by atoms with Crippen molar-refractivity contribution in [3.63, 3.8) is 0 Å². The van der Waals surface area contributed by atoms with Gasteiger partial charge in [-0.15, -0.1) is 0 Å². The third kappa shape index (κ3) is 1.83. The number of rotatable bonds is 2. The average Bonchev–Trinajstić information content (AvgIpc) is 2.62. The Morgan fingerprint density at radius 1 is 1.10 bits per heavy atom. The number of likely N-dealkylation sites (N-methyl/N-ethyl adjacent to an activating group) is 1. The van der Waals surface area contributed by atoms with Crippen LogP contribution in [0.3, 0.4) is 0 Å². The average molecular weight is 265 g/mol. The second-order valence-corrected chi connectivity index (χ2v) is 5.88. The van der Waals surface area contributed by atoms with E-state index in [1.165, 1.54) is 11.1 Å². The first kappa shape index (κ1) is 12.9. The zero-order valence-corrected chi connectivity index (χ0v) is 12.2.